The monoisotopic (exact) mass is 231 g/mol. The molecule has 0 spiro atoms. The second-order valence-corrected chi connectivity index (χ2v) is 3.84. The fraction of sp³-hybridized carbons (Fsp3) is 0.700. The molecule has 0 radical (unpaired) electrons. The molecule has 0 saturated heterocycles. The van der Waals surface area contributed by atoms with Gasteiger partial charge in [-0.2, -0.15) is 5.10 Å². The Morgan fingerprint density at radius 1 is 1.53 bits per heavy atom. The van der Waals surface area contributed by atoms with Gasteiger partial charge in [-0.25, -0.2) is 0 Å². The summed E-state index contributed by atoms with van der Waals surface area (Å²) in [6.45, 7) is 2.43. The van der Waals surface area contributed by atoms with Crippen LogP contribution in [-0.4, -0.2) is 22.9 Å². The summed E-state index contributed by atoms with van der Waals surface area (Å²) in [5.74, 6) is 1.68. The van der Waals surface area contributed by atoms with E-state index in [1.165, 1.54) is 12.8 Å². The van der Waals surface area contributed by atoms with Gasteiger partial charge in [-0.1, -0.05) is 0 Å². The zero-order valence-electron chi connectivity index (χ0n) is 8.76. The number of halogens is 1. The summed E-state index contributed by atoms with van der Waals surface area (Å²) in [6.07, 6.45) is 7.32. The van der Waals surface area contributed by atoms with Crippen molar-refractivity contribution in [3.8, 4) is 5.75 Å². The second-order valence-electron chi connectivity index (χ2n) is 3.84. The highest BCUT2D eigenvalue weighted by Gasteiger charge is 2.22. The van der Waals surface area contributed by atoms with E-state index in [0.717, 1.165) is 31.2 Å². The number of aromatic nitrogens is 2. The summed E-state index contributed by atoms with van der Waals surface area (Å²) in [6, 6.07) is 0. The lowest BCUT2D eigenvalue weighted by atomic mass is 10.4. The van der Waals surface area contributed by atoms with Gasteiger partial charge in [-0.05, 0) is 31.7 Å². The summed E-state index contributed by atoms with van der Waals surface area (Å²) < 4.78 is 7.46. The van der Waals surface area contributed by atoms with E-state index >= 15 is 0 Å². The molecule has 0 amide bonds. The van der Waals surface area contributed by atoms with Gasteiger partial charge in [0, 0.05) is 6.54 Å². The lowest BCUT2D eigenvalue weighted by Crippen LogP contribution is -2.05. The van der Waals surface area contributed by atoms with Crippen molar-refractivity contribution in [1.82, 2.24) is 9.78 Å². The van der Waals surface area contributed by atoms with Crippen molar-refractivity contribution in [2.24, 2.45) is 11.7 Å². The molecule has 0 bridgehead atoms. The molecule has 1 saturated carbocycles. The molecule has 1 aliphatic rings. The summed E-state index contributed by atoms with van der Waals surface area (Å²) in [5, 5.41) is 4.19. The van der Waals surface area contributed by atoms with E-state index in [4.69, 9.17) is 10.5 Å². The fourth-order valence-electron chi connectivity index (χ4n) is 1.29. The van der Waals surface area contributed by atoms with Gasteiger partial charge >= 0.3 is 0 Å². The minimum atomic E-state index is 0. The Kier molecular flexibility index (Phi) is 4.91. The number of ether oxygens (including phenoxy) is 1. The molecule has 2 N–H and O–H groups in total. The van der Waals surface area contributed by atoms with Crippen LogP contribution in [0.1, 0.15) is 19.3 Å². The number of aryl methyl sites for hydroxylation is 1. The molecule has 0 unspecified atom stereocenters. The maximum absolute atomic E-state index is 5.58. The largest absolute Gasteiger partial charge is 0.490 e. The molecule has 1 fully saturated rings. The van der Waals surface area contributed by atoms with E-state index in [1.54, 1.807) is 6.20 Å². The molecule has 1 aromatic heterocycles. The number of nitrogens with zero attached hydrogens (tertiary/aromatic N) is 2. The van der Waals surface area contributed by atoms with Crippen LogP contribution in [0.4, 0.5) is 0 Å². The molecule has 1 aromatic rings. The molecular formula is C10H18ClN3O. The first-order chi connectivity index (χ1) is 6.88. The minimum Gasteiger partial charge on any atom is -0.490 e. The Bertz CT molecular complexity index is 286. The topological polar surface area (TPSA) is 53.1 Å². The van der Waals surface area contributed by atoms with E-state index < -0.39 is 0 Å². The Morgan fingerprint density at radius 3 is 3.00 bits per heavy atom. The van der Waals surface area contributed by atoms with Gasteiger partial charge in [0.05, 0.1) is 19.0 Å². The highest BCUT2D eigenvalue weighted by Crippen LogP contribution is 2.29. The quantitative estimate of drug-likeness (QED) is 0.806. The summed E-state index contributed by atoms with van der Waals surface area (Å²) in [7, 11) is 0. The Balaban J connectivity index is 0.00000112. The van der Waals surface area contributed by atoms with Gasteiger partial charge in [-0.3, -0.25) is 4.68 Å². The molecule has 15 heavy (non-hydrogen) atoms. The van der Waals surface area contributed by atoms with Gasteiger partial charge in [-0.15, -0.1) is 12.4 Å². The van der Waals surface area contributed by atoms with Crippen LogP contribution >= 0.6 is 12.4 Å². The highest BCUT2D eigenvalue weighted by atomic mass is 35.5. The maximum atomic E-state index is 5.58. The third kappa shape index (κ3) is 4.10. The summed E-state index contributed by atoms with van der Waals surface area (Å²) in [4.78, 5) is 0. The SMILES string of the molecule is Cl.NCCCn1cc(OCC2CC2)cn1. The van der Waals surface area contributed by atoms with Crippen LogP contribution in [0.3, 0.4) is 0 Å². The average Bonchev–Trinajstić information content (AvgIpc) is 2.92. The van der Waals surface area contributed by atoms with E-state index in [1.807, 2.05) is 10.9 Å². The summed E-state index contributed by atoms with van der Waals surface area (Å²) >= 11 is 0. The van der Waals surface area contributed by atoms with Crippen molar-refractivity contribution in [3.63, 3.8) is 0 Å². The van der Waals surface area contributed by atoms with Gasteiger partial charge in [0.15, 0.2) is 5.75 Å². The predicted octanol–water partition coefficient (Wildman–Crippen LogP) is 1.44. The first-order valence-electron chi connectivity index (χ1n) is 5.24. The molecular weight excluding hydrogens is 214 g/mol. The Labute approximate surface area is 96.2 Å². The summed E-state index contributed by atoms with van der Waals surface area (Å²) in [5.41, 5.74) is 5.42. The standard InChI is InChI=1S/C10H17N3O.ClH/c11-4-1-5-13-7-10(6-12-13)14-8-9-2-3-9;/h6-7,9H,1-5,8,11H2;1H. The molecule has 4 nitrogen and oxygen atoms in total. The van der Waals surface area contributed by atoms with Crippen LogP contribution in [0, 0.1) is 5.92 Å². The predicted molar refractivity (Wildman–Crippen MR) is 61.4 cm³/mol. The normalized spacial score (nSPS) is 14.7. The second kappa shape index (κ2) is 5.98. The number of rotatable bonds is 6. The first-order valence-corrected chi connectivity index (χ1v) is 5.24. The number of nitrogens with two attached hydrogens (primary N) is 1. The van der Waals surface area contributed by atoms with Crippen LogP contribution in [0.5, 0.6) is 5.75 Å². The van der Waals surface area contributed by atoms with E-state index in [0.29, 0.717) is 6.54 Å². The fourth-order valence-corrected chi connectivity index (χ4v) is 1.29. The first kappa shape index (κ1) is 12.3. The van der Waals surface area contributed by atoms with Crippen molar-refractivity contribution in [3.05, 3.63) is 12.4 Å². The van der Waals surface area contributed by atoms with Gasteiger partial charge < -0.3 is 10.5 Å². The molecule has 5 heteroatoms. The third-order valence-electron chi connectivity index (χ3n) is 2.38. The van der Waals surface area contributed by atoms with Crippen molar-refractivity contribution in [2.75, 3.05) is 13.2 Å². The van der Waals surface area contributed by atoms with Crippen molar-refractivity contribution >= 4 is 12.4 Å². The molecule has 2 rings (SSSR count). The minimum absolute atomic E-state index is 0. The molecule has 1 heterocycles. The Morgan fingerprint density at radius 2 is 2.33 bits per heavy atom. The van der Waals surface area contributed by atoms with Crippen LogP contribution in [0.2, 0.25) is 0 Å². The van der Waals surface area contributed by atoms with Crippen molar-refractivity contribution < 1.29 is 4.74 Å². The smallest absolute Gasteiger partial charge is 0.157 e. The molecule has 0 aromatic carbocycles. The lowest BCUT2D eigenvalue weighted by Gasteiger charge is -2.00. The molecule has 1 aliphatic carbocycles. The third-order valence-corrected chi connectivity index (χ3v) is 2.38. The van der Waals surface area contributed by atoms with Crippen LogP contribution in [0.25, 0.3) is 0 Å². The molecule has 86 valence electrons. The highest BCUT2D eigenvalue weighted by molar-refractivity contribution is 5.85. The lowest BCUT2D eigenvalue weighted by molar-refractivity contribution is 0.299. The van der Waals surface area contributed by atoms with Gasteiger partial charge in [0.25, 0.3) is 0 Å². The van der Waals surface area contributed by atoms with Crippen molar-refractivity contribution in [2.45, 2.75) is 25.8 Å². The van der Waals surface area contributed by atoms with Crippen molar-refractivity contribution in [1.29, 1.82) is 0 Å². The van der Waals surface area contributed by atoms with E-state index in [2.05, 4.69) is 5.10 Å². The average molecular weight is 232 g/mol. The van der Waals surface area contributed by atoms with E-state index in [-0.39, 0.29) is 12.4 Å². The number of hydrogen-bond acceptors (Lipinski definition) is 3. The Hall–Kier alpha value is -0.740. The van der Waals surface area contributed by atoms with Crippen LogP contribution < -0.4 is 10.5 Å². The van der Waals surface area contributed by atoms with E-state index in [9.17, 15) is 0 Å². The van der Waals surface area contributed by atoms with Crippen LogP contribution in [-0.2, 0) is 6.54 Å². The van der Waals surface area contributed by atoms with Crippen LogP contribution in [0.15, 0.2) is 12.4 Å². The van der Waals surface area contributed by atoms with Gasteiger partial charge in [0.1, 0.15) is 0 Å². The zero-order chi connectivity index (χ0) is 9.80. The van der Waals surface area contributed by atoms with Gasteiger partial charge in [0.2, 0.25) is 0 Å². The molecule has 0 aliphatic heterocycles. The molecule has 0 atom stereocenters. The maximum Gasteiger partial charge on any atom is 0.157 e. The zero-order valence-corrected chi connectivity index (χ0v) is 9.58. The number of hydrogen-bond donors (Lipinski definition) is 1.